The molecule has 18 heavy (non-hydrogen) atoms. The number of rotatable bonds is 5. The van der Waals surface area contributed by atoms with Gasteiger partial charge in [0.05, 0.1) is 12.0 Å². The largest absolute Gasteiger partial charge is 0.496 e. The quantitative estimate of drug-likeness (QED) is 0.885. The number of hydrogen-bond acceptors (Lipinski definition) is 4. The highest BCUT2D eigenvalue weighted by atomic mass is 32.1. The van der Waals surface area contributed by atoms with Crippen molar-refractivity contribution in [3.05, 3.63) is 16.3 Å². The molecule has 5 nitrogen and oxygen atoms in total. The minimum absolute atomic E-state index is 0.0664. The molecule has 0 radical (unpaired) electrons. The second kappa shape index (κ2) is 4.97. The van der Waals surface area contributed by atoms with Crippen molar-refractivity contribution in [1.29, 1.82) is 0 Å². The number of carbonyl (C=O) groups excluding carboxylic acids is 1. The van der Waals surface area contributed by atoms with Gasteiger partial charge in [0.2, 0.25) is 0 Å². The van der Waals surface area contributed by atoms with Crippen molar-refractivity contribution in [1.82, 2.24) is 4.90 Å². The van der Waals surface area contributed by atoms with E-state index in [2.05, 4.69) is 0 Å². The second-order valence-corrected chi connectivity index (χ2v) is 5.22. The van der Waals surface area contributed by atoms with Crippen molar-refractivity contribution >= 4 is 23.2 Å². The van der Waals surface area contributed by atoms with E-state index in [0.29, 0.717) is 10.6 Å². The van der Waals surface area contributed by atoms with Gasteiger partial charge in [0.25, 0.3) is 5.91 Å². The zero-order chi connectivity index (χ0) is 13.3. The van der Waals surface area contributed by atoms with Crippen LogP contribution in [0.2, 0.25) is 0 Å². The van der Waals surface area contributed by atoms with Crippen LogP contribution in [-0.2, 0) is 4.79 Å². The summed E-state index contributed by atoms with van der Waals surface area (Å²) in [6, 6.07) is 0.923. The molecule has 1 heterocycles. The minimum atomic E-state index is -0.973. The third-order valence-corrected chi connectivity index (χ3v) is 3.87. The summed E-state index contributed by atoms with van der Waals surface area (Å²) >= 11 is 1.28. The maximum atomic E-state index is 12.3. The van der Waals surface area contributed by atoms with Gasteiger partial charge >= 0.3 is 5.97 Å². The standard InChI is InChI=1S/C12H15NO4S/c1-7(12(15)16)13(8-3-4-8)11(14)10-5-9(17-2)6-18-10/h5-8H,3-4H2,1-2H3,(H,15,16). The highest BCUT2D eigenvalue weighted by Gasteiger charge is 2.39. The number of carboxylic acid groups (broad SMARTS) is 1. The predicted molar refractivity (Wildman–Crippen MR) is 67.2 cm³/mol. The number of aliphatic carboxylic acids is 1. The summed E-state index contributed by atoms with van der Waals surface area (Å²) in [7, 11) is 1.54. The van der Waals surface area contributed by atoms with E-state index in [1.807, 2.05) is 0 Å². The molecular formula is C12H15NO4S. The van der Waals surface area contributed by atoms with Crippen LogP contribution in [-0.4, -0.2) is 41.1 Å². The number of amides is 1. The van der Waals surface area contributed by atoms with Gasteiger partial charge in [0.15, 0.2) is 0 Å². The molecule has 1 aromatic rings. The summed E-state index contributed by atoms with van der Waals surface area (Å²) in [5.41, 5.74) is 0. The van der Waals surface area contributed by atoms with E-state index in [4.69, 9.17) is 9.84 Å². The monoisotopic (exact) mass is 269 g/mol. The van der Waals surface area contributed by atoms with Gasteiger partial charge in [-0.15, -0.1) is 11.3 Å². The van der Waals surface area contributed by atoms with Gasteiger partial charge in [-0.05, 0) is 19.8 Å². The third kappa shape index (κ3) is 2.48. The molecule has 0 bridgehead atoms. The Labute approximate surface area is 109 Å². The molecule has 0 aliphatic heterocycles. The van der Waals surface area contributed by atoms with Crippen LogP contribution in [0.5, 0.6) is 5.75 Å². The Morgan fingerprint density at radius 1 is 1.56 bits per heavy atom. The Kier molecular flexibility index (Phi) is 3.56. The van der Waals surface area contributed by atoms with Crippen molar-refractivity contribution in [2.45, 2.75) is 31.8 Å². The molecule has 1 saturated carbocycles. The first kappa shape index (κ1) is 12.9. The van der Waals surface area contributed by atoms with Crippen LogP contribution < -0.4 is 4.74 Å². The molecule has 1 aliphatic carbocycles. The van der Waals surface area contributed by atoms with E-state index in [0.717, 1.165) is 12.8 Å². The number of thiophene rings is 1. The van der Waals surface area contributed by atoms with Gasteiger partial charge in [-0.3, -0.25) is 4.79 Å². The molecule has 1 aliphatic rings. The molecule has 0 aromatic carbocycles. The summed E-state index contributed by atoms with van der Waals surface area (Å²) in [5, 5.41) is 10.8. The average molecular weight is 269 g/mol. The fraction of sp³-hybridized carbons (Fsp3) is 0.500. The van der Waals surface area contributed by atoms with Crippen LogP contribution in [0.1, 0.15) is 29.4 Å². The SMILES string of the molecule is COc1csc(C(=O)N(C2CC2)C(C)C(=O)O)c1. The minimum Gasteiger partial charge on any atom is -0.496 e. The Bertz CT molecular complexity index is 466. The highest BCUT2D eigenvalue weighted by Crippen LogP contribution is 2.32. The van der Waals surface area contributed by atoms with Crippen LogP contribution in [0.4, 0.5) is 0 Å². The van der Waals surface area contributed by atoms with Crippen molar-refractivity contribution in [2.75, 3.05) is 7.11 Å². The third-order valence-electron chi connectivity index (χ3n) is 2.97. The second-order valence-electron chi connectivity index (χ2n) is 4.31. The fourth-order valence-corrected chi connectivity index (χ4v) is 2.59. The summed E-state index contributed by atoms with van der Waals surface area (Å²) in [6.07, 6.45) is 1.76. The van der Waals surface area contributed by atoms with E-state index < -0.39 is 12.0 Å². The van der Waals surface area contributed by atoms with Gasteiger partial charge in [-0.2, -0.15) is 0 Å². The van der Waals surface area contributed by atoms with Gasteiger partial charge < -0.3 is 14.7 Å². The first-order valence-corrected chi connectivity index (χ1v) is 6.60. The molecular weight excluding hydrogens is 254 g/mol. The van der Waals surface area contributed by atoms with Crippen LogP contribution in [0.25, 0.3) is 0 Å². The topological polar surface area (TPSA) is 66.8 Å². The predicted octanol–water partition coefficient (Wildman–Crippen LogP) is 1.83. The van der Waals surface area contributed by atoms with Crippen molar-refractivity contribution in [2.24, 2.45) is 0 Å². The lowest BCUT2D eigenvalue weighted by atomic mass is 10.2. The lowest BCUT2D eigenvalue weighted by molar-refractivity contribution is -0.141. The number of nitrogens with zero attached hydrogens (tertiary/aromatic N) is 1. The first-order valence-electron chi connectivity index (χ1n) is 5.72. The van der Waals surface area contributed by atoms with Gasteiger partial charge in [-0.1, -0.05) is 0 Å². The van der Waals surface area contributed by atoms with Crippen molar-refractivity contribution < 1.29 is 19.4 Å². The molecule has 6 heteroatoms. The Hall–Kier alpha value is -1.56. The lowest BCUT2D eigenvalue weighted by Gasteiger charge is -2.25. The molecule has 98 valence electrons. The smallest absolute Gasteiger partial charge is 0.326 e. The lowest BCUT2D eigenvalue weighted by Crippen LogP contribution is -2.44. The van der Waals surface area contributed by atoms with Crippen molar-refractivity contribution in [3.63, 3.8) is 0 Å². The fourth-order valence-electron chi connectivity index (χ4n) is 1.79. The summed E-state index contributed by atoms with van der Waals surface area (Å²) < 4.78 is 5.03. The van der Waals surface area contributed by atoms with Gasteiger partial charge in [-0.25, -0.2) is 4.79 Å². The summed E-state index contributed by atoms with van der Waals surface area (Å²) in [6.45, 7) is 1.55. The molecule has 1 unspecified atom stereocenters. The molecule has 1 atom stereocenters. The van der Waals surface area contributed by atoms with Gasteiger partial charge in [0, 0.05) is 17.5 Å². The van der Waals surface area contributed by atoms with Crippen molar-refractivity contribution in [3.8, 4) is 5.75 Å². The Balaban J connectivity index is 2.20. The molecule has 0 spiro atoms. The molecule has 1 aromatic heterocycles. The molecule has 1 fully saturated rings. The van der Waals surface area contributed by atoms with Crippen LogP contribution in [0.3, 0.4) is 0 Å². The summed E-state index contributed by atoms with van der Waals surface area (Å²) in [5.74, 6) is -0.568. The molecule has 1 amide bonds. The zero-order valence-corrected chi connectivity index (χ0v) is 11.1. The number of methoxy groups -OCH3 is 1. The average Bonchev–Trinajstić information content (AvgIpc) is 3.05. The van der Waals surface area contributed by atoms with Crippen LogP contribution in [0, 0.1) is 0 Å². The maximum absolute atomic E-state index is 12.3. The van der Waals surface area contributed by atoms with E-state index >= 15 is 0 Å². The number of ether oxygens (including phenoxy) is 1. The highest BCUT2D eigenvalue weighted by molar-refractivity contribution is 7.12. The zero-order valence-electron chi connectivity index (χ0n) is 10.3. The first-order chi connectivity index (χ1) is 8.54. The van der Waals surface area contributed by atoms with E-state index in [1.54, 1.807) is 18.4 Å². The van der Waals surface area contributed by atoms with E-state index in [9.17, 15) is 9.59 Å². The number of hydrogen-bond donors (Lipinski definition) is 1. The number of carboxylic acids is 1. The van der Waals surface area contributed by atoms with Gasteiger partial charge in [0.1, 0.15) is 11.8 Å². The van der Waals surface area contributed by atoms with Crippen LogP contribution >= 0.6 is 11.3 Å². The van der Waals surface area contributed by atoms with Crippen LogP contribution in [0.15, 0.2) is 11.4 Å². The molecule has 1 N–H and O–H groups in total. The van der Waals surface area contributed by atoms with E-state index in [-0.39, 0.29) is 11.9 Å². The maximum Gasteiger partial charge on any atom is 0.326 e. The van der Waals surface area contributed by atoms with E-state index in [1.165, 1.54) is 23.3 Å². The number of carbonyl (C=O) groups is 2. The molecule has 2 rings (SSSR count). The normalized spacial score (nSPS) is 16.1. The Morgan fingerprint density at radius 3 is 2.67 bits per heavy atom. The summed E-state index contributed by atoms with van der Waals surface area (Å²) in [4.78, 5) is 25.4. The Morgan fingerprint density at radius 2 is 2.22 bits per heavy atom. The molecule has 0 saturated heterocycles.